The highest BCUT2D eigenvalue weighted by Gasteiger charge is 2.32. The Morgan fingerprint density at radius 3 is 2.41 bits per heavy atom. The van der Waals surface area contributed by atoms with Gasteiger partial charge in [0, 0.05) is 23.4 Å². The van der Waals surface area contributed by atoms with Crippen LogP contribution in [0.3, 0.4) is 0 Å². The summed E-state index contributed by atoms with van der Waals surface area (Å²) in [4.78, 5) is 12.0. The summed E-state index contributed by atoms with van der Waals surface area (Å²) in [6.45, 7) is 1.40. The lowest BCUT2D eigenvalue weighted by molar-refractivity contribution is 0.102. The molecule has 0 aromatic heterocycles. The van der Waals surface area contributed by atoms with E-state index in [0.29, 0.717) is 12.1 Å². The van der Waals surface area contributed by atoms with Crippen molar-refractivity contribution in [1.29, 1.82) is 0 Å². The van der Waals surface area contributed by atoms with E-state index in [1.165, 1.54) is 19.1 Å². The largest absolute Gasteiger partial charge is 0.390 e. The van der Waals surface area contributed by atoms with Crippen molar-refractivity contribution in [1.82, 2.24) is 4.72 Å². The van der Waals surface area contributed by atoms with Crippen LogP contribution < -0.4 is 15.4 Å². The summed E-state index contributed by atoms with van der Waals surface area (Å²) < 4.78 is 66.3. The number of sulfonamides is 1. The third kappa shape index (κ3) is 3.75. The van der Waals surface area contributed by atoms with Crippen LogP contribution in [-0.4, -0.2) is 31.7 Å². The van der Waals surface area contributed by atoms with Gasteiger partial charge in [0.15, 0.2) is 17.5 Å². The molecule has 0 radical (unpaired) electrons. The van der Waals surface area contributed by atoms with Crippen LogP contribution in [0, 0.1) is 17.5 Å². The van der Waals surface area contributed by atoms with Gasteiger partial charge in [0.2, 0.25) is 10.0 Å². The highest BCUT2D eigenvalue weighted by Crippen LogP contribution is 2.28. The van der Waals surface area contributed by atoms with E-state index < -0.39 is 45.7 Å². The van der Waals surface area contributed by atoms with Gasteiger partial charge in [-0.05, 0) is 25.1 Å². The predicted molar refractivity (Wildman–Crippen MR) is 90.1 cm³/mol. The molecule has 144 valence electrons. The Labute approximate surface area is 152 Å². The molecule has 2 aromatic rings. The first-order chi connectivity index (χ1) is 12.6. The van der Waals surface area contributed by atoms with Gasteiger partial charge in [-0.1, -0.05) is 0 Å². The highest BCUT2D eigenvalue weighted by atomic mass is 32.2. The maximum Gasteiger partial charge on any atom is 0.255 e. The van der Waals surface area contributed by atoms with Crippen LogP contribution in [0.1, 0.15) is 17.3 Å². The SMILES string of the molecule is C[C@H](O)C1Nc2ccc(C(=O)Nc3cc(F)c(F)c(F)c3)cc2S(=O)(=O)N1. The molecular formula is C16H14F3N3O4S. The minimum absolute atomic E-state index is 0.110. The van der Waals surface area contributed by atoms with E-state index in [2.05, 4.69) is 15.4 Å². The monoisotopic (exact) mass is 401 g/mol. The van der Waals surface area contributed by atoms with Gasteiger partial charge in [-0.3, -0.25) is 4.79 Å². The van der Waals surface area contributed by atoms with Gasteiger partial charge in [-0.2, -0.15) is 4.72 Å². The quantitative estimate of drug-likeness (QED) is 0.587. The lowest BCUT2D eigenvalue weighted by atomic mass is 10.1. The molecule has 1 aliphatic heterocycles. The summed E-state index contributed by atoms with van der Waals surface area (Å²) in [5, 5.41) is 14.5. The number of carbonyl (C=O) groups is 1. The second-order valence-corrected chi connectivity index (χ2v) is 7.59. The molecular weight excluding hydrogens is 387 g/mol. The summed E-state index contributed by atoms with van der Waals surface area (Å²) in [5.74, 6) is -5.47. The summed E-state index contributed by atoms with van der Waals surface area (Å²) >= 11 is 0. The maximum absolute atomic E-state index is 13.2. The number of anilines is 2. The van der Waals surface area contributed by atoms with Crippen molar-refractivity contribution in [3.63, 3.8) is 0 Å². The molecule has 1 amide bonds. The fourth-order valence-electron chi connectivity index (χ4n) is 2.48. The fraction of sp³-hybridized carbons (Fsp3) is 0.188. The first-order valence-corrected chi connectivity index (χ1v) is 9.13. The van der Waals surface area contributed by atoms with E-state index in [4.69, 9.17) is 0 Å². The maximum atomic E-state index is 13.2. The van der Waals surface area contributed by atoms with Gasteiger partial charge in [0.25, 0.3) is 5.91 Å². The van der Waals surface area contributed by atoms with E-state index >= 15 is 0 Å². The summed E-state index contributed by atoms with van der Waals surface area (Å²) in [5.41, 5.74) is -0.265. The van der Waals surface area contributed by atoms with E-state index in [1.807, 2.05) is 0 Å². The first-order valence-electron chi connectivity index (χ1n) is 7.65. The Balaban J connectivity index is 1.90. The number of carbonyl (C=O) groups excluding carboxylic acids is 1. The standard InChI is InChI=1S/C16H14F3N3O4S/c1-7(23)15-21-12-3-2-8(4-13(12)27(25,26)22-15)16(24)20-9-5-10(17)14(19)11(18)6-9/h2-7,15,21-23H,1H3,(H,20,24)/t7-,15?/m0/s1. The van der Waals surface area contributed by atoms with Crippen molar-refractivity contribution in [2.75, 3.05) is 10.6 Å². The molecule has 1 heterocycles. The molecule has 0 saturated heterocycles. The predicted octanol–water partition coefficient (Wildman–Crippen LogP) is 1.77. The Kier molecular flexibility index (Phi) is 4.84. The molecule has 0 aliphatic carbocycles. The lowest BCUT2D eigenvalue weighted by Gasteiger charge is -2.29. The molecule has 0 fully saturated rings. The van der Waals surface area contributed by atoms with E-state index in [9.17, 15) is 31.5 Å². The van der Waals surface area contributed by atoms with Crippen molar-refractivity contribution >= 4 is 27.3 Å². The second kappa shape index (κ2) is 6.83. The van der Waals surface area contributed by atoms with E-state index in [-0.39, 0.29) is 21.8 Å². The first kappa shape index (κ1) is 19.1. The Hall–Kier alpha value is -2.63. The van der Waals surface area contributed by atoms with Crippen molar-refractivity contribution in [3.05, 3.63) is 53.3 Å². The van der Waals surface area contributed by atoms with Crippen molar-refractivity contribution < 1.29 is 31.5 Å². The highest BCUT2D eigenvalue weighted by molar-refractivity contribution is 7.89. The van der Waals surface area contributed by atoms with Gasteiger partial charge in [0.05, 0.1) is 11.8 Å². The smallest absolute Gasteiger partial charge is 0.255 e. The third-order valence-corrected chi connectivity index (χ3v) is 5.33. The fourth-order valence-corrected chi connectivity index (χ4v) is 3.90. The van der Waals surface area contributed by atoms with Crippen LogP contribution in [-0.2, 0) is 10.0 Å². The topological polar surface area (TPSA) is 108 Å². The van der Waals surface area contributed by atoms with Gasteiger partial charge >= 0.3 is 0 Å². The zero-order chi connectivity index (χ0) is 19.9. The third-order valence-electron chi connectivity index (χ3n) is 3.85. The van der Waals surface area contributed by atoms with Gasteiger partial charge in [-0.15, -0.1) is 0 Å². The zero-order valence-electron chi connectivity index (χ0n) is 13.8. The second-order valence-electron chi connectivity index (χ2n) is 5.90. The van der Waals surface area contributed by atoms with Crippen LogP contribution >= 0.6 is 0 Å². The normalized spacial score (nSPS) is 18.9. The summed E-state index contributed by atoms with van der Waals surface area (Å²) in [7, 11) is -4.01. The molecule has 1 unspecified atom stereocenters. The van der Waals surface area contributed by atoms with Crippen LogP contribution in [0.25, 0.3) is 0 Å². The zero-order valence-corrected chi connectivity index (χ0v) is 14.6. The van der Waals surface area contributed by atoms with Crippen LogP contribution in [0.2, 0.25) is 0 Å². The number of hydrogen-bond acceptors (Lipinski definition) is 5. The van der Waals surface area contributed by atoms with E-state index in [1.54, 1.807) is 0 Å². The molecule has 2 aromatic carbocycles. The van der Waals surface area contributed by atoms with Gasteiger partial charge in [-0.25, -0.2) is 21.6 Å². The Bertz CT molecular complexity index is 1000. The van der Waals surface area contributed by atoms with Crippen molar-refractivity contribution in [2.45, 2.75) is 24.1 Å². The molecule has 0 saturated carbocycles. The minimum Gasteiger partial charge on any atom is -0.390 e. The van der Waals surface area contributed by atoms with Gasteiger partial charge in [0.1, 0.15) is 11.1 Å². The molecule has 2 atom stereocenters. The lowest BCUT2D eigenvalue weighted by Crippen LogP contribution is -2.50. The average molecular weight is 401 g/mol. The van der Waals surface area contributed by atoms with E-state index in [0.717, 1.165) is 6.07 Å². The van der Waals surface area contributed by atoms with Crippen LogP contribution in [0.4, 0.5) is 24.5 Å². The van der Waals surface area contributed by atoms with Crippen LogP contribution in [0.5, 0.6) is 0 Å². The molecule has 3 rings (SSSR count). The van der Waals surface area contributed by atoms with Crippen molar-refractivity contribution in [3.8, 4) is 0 Å². The Morgan fingerprint density at radius 1 is 1.19 bits per heavy atom. The molecule has 4 N–H and O–H groups in total. The number of benzene rings is 2. The number of aliphatic hydroxyl groups excluding tert-OH is 1. The molecule has 11 heteroatoms. The number of fused-ring (bicyclic) bond motifs is 1. The number of aliphatic hydroxyl groups is 1. The average Bonchev–Trinajstić information content (AvgIpc) is 2.58. The number of amides is 1. The molecule has 0 spiro atoms. The number of nitrogens with one attached hydrogen (secondary N) is 3. The summed E-state index contributed by atoms with van der Waals surface area (Å²) in [6.07, 6.45) is -1.95. The molecule has 27 heavy (non-hydrogen) atoms. The van der Waals surface area contributed by atoms with Crippen LogP contribution in [0.15, 0.2) is 35.2 Å². The minimum atomic E-state index is -4.01. The molecule has 7 nitrogen and oxygen atoms in total. The number of halogens is 3. The summed E-state index contributed by atoms with van der Waals surface area (Å²) in [6, 6.07) is 4.87. The van der Waals surface area contributed by atoms with Crippen molar-refractivity contribution in [2.24, 2.45) is 0 Å². The molecule has 0 bridgehead atoms. The molecule has 1 aliphatic rings. The Morgan fingerprint density at radius 2 is 1.81 bits per heavy atom. The number of hydrogen-bond donors (Lipinski definition) is 4. The van der Waals surface area contributed by atoms with Gasteiger partial charge < -0.3 is 15.7 Å². The number of rotatable bonds is 3.